The number of rotatable bonds is 5. The predicted octanol–water partition coefficient (Wildman–Crippen LogP) is 4.22. The molecule has 0 saturated heterocycles. The van der Waals surface area contributed by atoms with Gasteiger partial charge in [-0.05, 0) is 47.0 Å². The standard InChI is InChI=1S/C24H18ClFN2O4/c25-19-10-16(26)7-6-15(19)12-28-22(17-3-1-2-4-18(17)24(28)30)23(29)27-11-14-5-8-20-21(9-14)32-13-31-20/h1-10,22H,11-13H2,(H,27,29). The molecule has 0 fully saturated rings. The van der Waals surface area contributed by atoms with Crippen LogP contribution in [0.5, 0.6) is 11.5 Å². The molecule has 0 radical (unpaired) electrons. The van der Waals surface area contributed by atoms with E-state index in [-0.39, 0.29) is 36.7 Å². The van der Waals surface area contributed by atoms with Crippen LogP contribution in [0.4, 0.5) is 4.39 Å². The Morgan fingerprint density at radius 2 is 1.91 bits per heavy atom. The van der Waals surface area contributed by atoms with Crippen LogP contribution in [-0.4, -0.2) is 23.5 Å². The number of halogens is 2. The van der Waals surface area contributed by atoms with E-state index < -0.39 is 11.9 Å². The van der Waals surface area contributed by atoms with Crippen LogP contribution in [0, 0.1) is 5.82 Å². The second-order valence-corrected chi connectivity index (χ2v) is 7.97. The maximum atomic E-state index is 13.5. The third-order valence-corrected chi connectivity index (χ3v) is 5.92. The van der Waals surface area contributed by atoms with E-state index in [1.165, 1.54) is 23.1 Å². The molecular weight excluding hydrogens is 435 g/mol. The third kappa shape index (κ3) is 3.65. The lowest BCUT2D eigenvalue weighted by Crippen LogP contribution is -2.38. The molecule has 0 spiro atoms. The molecule has 1 unspecified atom stereocenters. The van der Waals surface area contributed by atoms with Crippen molar-refractivity contribution in [1.82, 2.24) is 10.2 Å². The first-order valence-electron chi connectivity index (χ1n) is 10.0. The Morgan fingerprint density at radius 3 is 2.75 bits per heavy atom. The van der Waals surface area contributed by atoms with E-state index in [0.717, 1.165) is 5.56 Å². The number of ether oxygens (including phenoxy) is 2. The van der Waals surface area contributed by atoms with Crippen LogP contribution in [-0.2, 0) is 17.9 Å². The molecule has 0 aromatic heterocycles. The molecule has 1 atom stereocenters. The zero-order chi connectivity index (χ0) is 22.2. The Hall–Kier alpha value is -3.58. The first-order chi connectivity index (χ1) is 15.5. The van der Waals surface area contributed by atoms with Crippen molar-refractivity contribution < 1.29 is 23.5 Å². The van der Waals surface area contributed by atoms with Gasteiger partial charge in [0.05, 0.1) is 0 Å². The van der Waals surface area contributed by atoms with Crippen molar-refractivity contribution in [1.29, 1.82) is 0 Å². The molecule has 2 aliphatic heterocycles. The molecule has 3 aromatic rings. The van der Waals surface area contributed by atoms with E-state index in [0.29, 0.717) is 28.2 Å². The molecule has 32 heavy (non-hydrogen) atoms. The number of fused-ring (bicyclic) bond motifs is 2. The fourth-order valence-electron chi connectivity index (χ4n) is 3.99. The lowest BCUT2D eigenvalue weighted by atomic mass is 10.0. The number of benzene rings is 3. The topological polar surface area (TPSA) is 67.9 Å². The van der Waals surface area contributed by atoms with E-state index in [4.69, 9.17) is 21.1 Å². The molecule has 5 rings (SSSR count). The Balaban J connectivity index is 1.39. The number of nitrogens with one attached hydrogen (secondary N) is 1. The molecule has 8 heteroatoms. The van der Waals surface area contributed by atoms with Crippen molar-refractivity contribution >= 4 is 23.4 Å². The van der Waals surface area contributed by atoms with Crippen molar-refractivity contribution in [2.45, 2.75) is 19.1 Å². The molecule has 3 aromatic carbocycles. The minimum absolute atomic E-state index is 0.0781. The molecule has 2 aliphatic rings. The lowest BCUT2D eigenvalue weighted by molar-refractivity contribution is -0.125. The highest BCUT2D eigenvalue weighted by Crippen LogP contribution is 2.36. The molecule has 6 nitrogen and oxygen atoms in total. The minimum atomic E-state index is -0.825. The maximum Gasteiger partial charge on any atom is 0.255 e. The average Bonchev–Trinajstić information content (AvgIpc) is 3.36. The highest BCUT2D eigenvalue weighted by molar-refractivity contribution is 6.31. The van der Waals surface area contributed by atoms with Crippen molar-refractivity contribution in [3.8, 4) is 11.5 Å². The summed E-state index contributed by atoms with van der Waals surface area (Å²) in [6.07, 6.45) is 0. The van der Waals surface area contributed by atoms with Gasteiger partial charge in [-0.2, -0.15) is 0 Å². The van der Waals surface area contributed by atoms with Gasteiger partial charge >= 0.3 is 0 Å². The average molecular weight is 453 g/mol. The zero-order valence-corrected chi connectivity index (χ0v) is 17.6. The molecular formula is C24H18ClFN2O4. The first-order valence-corrected chi connectivity index (χ1v) is 10.4. The largest absolute Gasteiger partial charge is 0.454 e. The number of hydrogen-bond donors (Lipinski definition) is 1. The lowest BCUT2D eigenvalue weighted by Gasteiger charge is -2.25. The Kier molecular flexibility index (Phi) is 5.19. The zero-order valence-electron chi connectivity index (χ0n) is 16.8. The summed E-state index contributed by atoms with van der Waals surface area (Å²) in [5.41, 5.74) is 2.49. The minimum Gasteiger partial charge on any atom is -0.454 e. The fourth-order valence-corrected chi connectivity index (χ4v) is 4.21. The number of carbonyl (C=O) groups is 2. The second kappa shape index (κ2) is 8.16. The maximum absolute atomic E-state index is 13.5. The number of hydrogen-bond acceptors (Lipinski definition) is 4. The van der Waals surface area contributed by atoms with E-state index in [1.807, 2.05) is 12.1 Å². The molecule has 2 heterocycles. The van der Waals surface area contributed by atoms with Gasteiger partial charge in [0, 0.05) is 23.7 Å². The monoisotopic (exact) mass is 452 g/mol. The van der Waals surface area contributed by atoms with Crippen LogP contribution in [0.1, 0.15) is 33.1 Å². The van der Waals surface area contributed by atoms with Crippen LogP contribution < -0.4 is 14.8 Å². The van der Waals surface area contributed by atoms with Gasteiger partial charge in [-0.25, -0.2) is 4.39 Å². The van der Waals surface area contributed by atoms with E-state index in [9.17, 15) is 14.0 Å². The van der Waals surface area contributed by atoms with Crippen molar-refractivity contribution in [2.75, 3.05) is 6.79 Å². The molecule has 0 bridgehead atoms. The molecule has 1 N–H and O–H groups in total. The fraction of sp³-hybridized carbons (Fsp3) is 0.167. The van der Waals surface area contributed by atoms with Crippen molar-refractivity contribution in [2.24, 2.45) is 0 Å². The van der Waals surface area contributed by atoms with Crippen LogP contribution >= 0.6 is 11.6 Å². The Morgan fingerprint density at radius 1 is 1.09 bits per heavy atom. The van der Waals surface area contributed by atoms with Gasteiger partial charge in [0.25, 0.3) is 5.91 Å². The smallest absolute Gasteiger partial charge is 0.255 e. The SMILES string of the molecule is O=C(NCc1ccc2c(c1)OCO2)C1c2ccccc2C(=O)N1Cc1ccc(F)cc1Cl. The van der Waals surface area contributed by atoms with Crippen LogP contribution in [0.15, 0.2) is 60.7 Å². The third-order valence-electron chi connectivity index (χ3n) is 5.57. The normalized spacial score (nSPS) is 16.2. The van der Waals surface area contributed by atoms with E-state index >= 15 is 0 Å². The second-order valence-electron chi connectivity index (χ2n) is 7.56. The Labute approximate surface area is 188 Å². The van der Waals surface area contributed by atoms with E-state index in [2.05, 4.69) is 5.32 Å². The molecule has 2 amide bonds. The van der Waals surface area contributed by atoms with E-state index in [1.54, 1.807) is 30.3 Å². The summed E-state index contributed by atoms with van der Waals surface area (Å²) >= 11 is 6.18. The quantitative estimate of drug-likeness (QED) is 0.629. The summed E-state index contributed by atoms with van der Waals surface area (Å²) in [4.78, 5) is 27.8. The van der Waals surface area contributed by atoms with Gasteiger partial charge < -0.3 is 19.7 Å². The number of amides is 2. The van der Waals surface area contributed by atoms with Gasteiger partial charge in [0.1, 0.15) is 11.9 Å². The van der Waals surface area contributed by atoms with Gasteiger partial charge in [-0.3, -0.25) is 9.59 Å². The summed E-state index contributed by atoms with van der Waals surface area (Å²) in [6.45, 7) is 0.509. The number of carbonyl (C=O) groups excluding carboxylic acids is 2. The summed E-state index contributed by atoms with van der Waals surface area (Å²) in [7, 11) is 0. The van der Waals surface area contributed by atoms with Gasteiger partial charge in [0.15, 0.2) is 11.5 Å². The van der Waals surface area contributed by atoms with Crippen molar-refractivity contribution in [3.05, 3.63) is 93.8 Å². The summed E-state index contributed by atoms with van der Waals surface area (Å²) in [5.74, 6) is 0.236. The number of nitrogens with zero attached hydrogens (tertiary/aromatic N) is 1. The summed E-state index contributed by atoms with van der Waals surface area (Å²) in [6, 6.07) is 15.6. The van der Waals surface area contributed by atoms with Crippen LogP contribution in [0.3, 0.4) is 0 Å². The highest BCUT2D eigenvalue weighted by atomic mass is 35.5. The Bertz CT molecular complexity index is 1230. The van der Waals surface area contributed by atoms with Gasteiger partial charge in [-0.15, -0.1) is 0 Å². The summed E-state index contributed by atoms with van der Waals surface area (Å²) < 4.78 is 24.1. The molecule has 0 saturated carbocycles. The first kappa shape index (κ1) is 20.3. The molecule has 162 valence electrons. The van der Waals surface area contributed by atoms with Crippen LogP contribution in [0.25, 0.3) is 0 Å². The molecule has 0 aliphatic carbocycles. The van der Waals surface area contributed by atoms with Gasteiger partial charge in [0.2, 0.25) is 12.7 Å². The summed E-state index contributed by atoms with van der Waals surface area (Å²) in [5, 5.41) is 3.11. The van der Waals surface area contributed by atoms with Crippen LogP contribution in [0.2, 0.25) is 5.02 Å². The van der Waals surface area contributed by atoms with Crippen molar-refractivity contribution in [3.63, 3.8) is 0 Å². The highest BCUT2D eigenvalue weighted by Gasteiger charge is 2.41. The predicted molar refractivity (Wildman–Crippen MR) is 115 cm³/mol. The van der Waals surface area contributed by atoms with Gasteiger partial charge in [-0.1, -0.05) is 41.9 Å².